The van der Waals surface area contributed by atoms with Gasteiger partial charge in [-0.2, -0.15) is 0 Å². The van der Waals surface area contributed by atoms with Gasteiger partial charge in [-0.3, -0.25) is 0 Å². The van der Waals surface area contributed by atoms with Crippen molar-refractivity contribution >= 4 is 11.8 Å². The number of thioether (sulfide) groups is 1. The van der Waals surface area contributed by atoms with E-state index in [1.165, 1.54) is 16.2 Å². The molecule has 1 aliphatic rings. The number of imidazole rings is 1. The van der Waals surface area contributed by atoms with Gasteiger partial charge in [0.2, 0.25) is 0 Å². The molecular weight excluding hydrogens is 242 g/mol. The Morgan fingerprint density at radius 3 is 3.22 bits per heavy atom. The summed E-state index contributed by atoms with van der Waals surface area (Å²) in [5, 5.41) is 3.17. The van der Waals surface area contributed by atoms with Crippen LogP contribution in [-0.4, -0.2) is 22.4 Å². The maximum atomic E-state index is 4.40. The average molecular weight is 259 g/mol. The Morgan fingerprint density at radius 2 is 2.33 bits per heavy atom. The van der Waals surface area contributed by atoms with Crippen LogP contribution in [0.1, 0.15) is 17.3 Å². The molecule has 1 unspecified atom stereocenters. The molecule has 1 aromatic heterocycles. The van der Waals surface area contributed by atoms with Gasteiger partial charge in [0, 0.05) is 35.5 Å². The minimum absolute atomic E-state index is 0.607. The van der Waals surface area contributed by atoms with Gasteiger partial charge in [-0.05, 0) is 18.7 Å². The van der Waals surface area contributed by atoms with Gasteiger partial charge in [-0.25, -0.2) is 4.98 Å². The van der Waals surface area contributed by atoms with Gasteiger partial charge in [0.25, 0.3) is 0 Å². The molecule has 0 spiro atoms. The molecule has 2 heterocycles. The molecule has 1 aromatic carbocycles. The zero-order valence-electron chi connectivity index (χ0n) is 10.5. The summed E-state index contributed by atoms with van der Waals surface area (Å²) in [6.45, 7) is 1.86. The summed E-state index contributed by atoms with van der Waals surface area (Å²) >= 11 is 1.97. The van der Waals surface area contributed by atoms with E-state index in [1.54, 1.807) is 0 Å². The number of hydrogen-bond acceptors (Lipinski definition) is 3. The van der Waals surface area contributed by atoms with E-state index >= 15 is 0 Å². The fraction of sp³-hybridized carbons (Fsp3) is 0.357. The van der Waals surface area contributed by atoms with E-state index in [0.717, 1.165) is 18.9 Å². The van der Waals surface area contributed by atoms with Gasteiger partial charge >= 0.3 is 0 Å². The van der Waals surface area contributed by atoms with Crippen LogP contribution in [-0.2, 0) is 13.1 Å². The minimum Gasteiger partial charge on any atom is -0.333 e. The first-order chi connectivity index (χ1) is 8.88. The SMILES string of the molecule is CNCc1nccn1CC1CSc2ccccc21. The molecule has 3 rings (SSSR count). The molecule has 4 heteroatoms. The van der Waals surface area contributed by atoms with Crippen LogP contribution in [0, 0.1) is 0 Å². The molecule has 1 N–H and O–H groups in total. The summed E-state index contributed by atoms with van der Waals surface area (Å²) in [5.74, 6) is 2.90. The average Bonchev–Trinajstić information content (AvgIpc) is 2.99. The Kier molecular flexibility index (Phi) is 3.39. The maximum Gasteiger partial charge on any atom is 0.122 e. The molecule has 0 radical (unpaired) electrons. The van der Waals surface area contributed by atoms with Gasteiger partial charge in [0.15, 0.2) is 0 Å². The second-order valence-corrected chi connectivity index (χ2v) is 5.63. The highest BCUT2D eigenvalue weighted by Gasteiger charge is 2.23. The lowest BCUT2D eigenvalue weighted by Gasteiger charge is -2.14. The van der Waals surface area contributed by atoms with Crippen molar-refractivity contribution in [2.75, 3.05) is 12.8 Å². The Balaban J connectivity index is 1.80. The number of nitrogens with zero attached hydrogens (tertiary/aromatic N) is 2. The highest BCUT2D eigenvalue weighted by molar-refractivity contribution is 7.99. The Bertz CT molecular complexity index is 535. The minimum atomic E-state index is 0.607. The second kappa shape index (κ2) is 5.16. The predicted molar refractivity (Wildman–Crippen MR) is 74.9 cm³/mol. The van der Waals surface area contributed by atoms with Crippen molar-refractivity contribution in [1.29, 1.82) is 0 Å². The van der Waals surface area contributed by atoms with Crippen molar-refractivity contribution in [1.82, 2.24) is 14.9 Å². The largest absolute Gasteiger partial charge is 0.333 e. The van der Waals surface area contributed by atoms with Crippen LogP contribution in [0.25, 0.3) is 0 Å². The van der Waals surface area contributed by atoms with Crippen LogP contribution in [0.2, 0.25) is 0 Å². The van der Waals surface area contributed by atoms with Crippen molar-refractivity contribution in [2.45, 2.75) is 23.9 Å². The first-order valence-corrected chi connectivity index (χ1v) is 7.23. The smallest absolute Gasteiger partial charge is 0.122 e. The summed E-state index contributed by atoms with van der Waals surface area (Å²) in [6.07, 6.45) is 3.97. The molecule has 2 aromatic rings. The van der Waals surface area contributed by atoms with E-state index in [2.05, 4.69) is 45.3 Å². The number of rotatable bonds is 4. The lowest BCUT2D eigenvalue weighted by atomic mass is 10.0. The molecule has 0 amide bonds. The lowest BCUT2D eigenvalue weighted by molar-refractivity contribution is 0.567. The van der Waals surface area contributed by atoms with Crippen LogP contribution in [0.3, 0.4) is 0 Å². The van der Waals surface area contributed by atoms with E-state index in [1.807, 2.05) is 25.0 Å². The van der Waals surface area contributed by atoms with Crippen LogP contribution in [0.4, 0.5) is 0 Å². The molecule has 1 aliphatic heterocycles. The van der Waals surface area contributed by atoms with Crippen molar-refractivity contribution in [3.05, 3.63) is 48.0 Å². The van der Waals surface area contributed by atoms with Crippen LogP contribution in [0.5, 0.6) is 0 Å². The van der Waals surface area contributed by atoms with Crippen molar-refractivity contribution in [3.8, 4) is 0 Å². The monoisotopic (exact) mass is 259 g/mol. The van der Waals surface area contributed by atoms with E-state index < -0.39 is 0 Å². The zero-order valence-corrected chi connectivity index (χ0v) is 11.3. The number of benzene rings is 1. The normalized spacial score (nSPS) is 17.9. The molecule has 18 heavy (non-hydrogen) atoms. The van der Waals surface area contributed by atoms with Gasteiger partial charge in [0.1, 0.15) is 5.82 Å². The fourth-order valence-electron chi connectivity index (χ4n) is 2.45. The molecule has 1 atom stereocenters. The molecule has 0 aliphatic carbocycles. The molecule has 3 nitrogen and oxygen atoms in total. The fourth-order valence-corrected chi connectivity index (χ4v) is 3.69. The van der Waals surface area contributed by atoms with Crippen LogP contribution in [0.15, 0.2) is 41.6 Å². The second-order valence-electron chi connectivity index (χ2n) is 4.57. The Labute approximate surface area is 112 Å². The van der Waals surface area contributed by atoms with Gasteiger partial charge in [-0.1, -0.05) is 18.2 Å². The summed E-state index contributed by atoms with van der Waals surface area (Å²) in [4.78, 5) is 5.84. The molecule has 0 bridgehead atoms. The van der Waals surface area contributed by atoms with Gasteiger partial charge < -0.3 is 9.88 Å². The number of fused-ring (bicyclic) bond motifs is 1. The number of nitrogens with one attached hydrogen (secondary N) is 1. The van der Waals surface area contributed by atoms with Crippen molar-refractivity contribution < 1.29 is 0 Å². The molecular formula is C14H17N3S. The maximum absolute atomic E-state index is 4.40. The molecule has 0 fully saturated rings. The Morgan fingerprint density at radius 1 is 1.44 bits per heavy atom. The lowest BCUT2D eigenvalue weighted by Crippen LogP contribution is -2.15. The van der Waals surface area contributed by atoms with E-state index in [0.29, 0.717) is 5.92 Å². The van der Waals surface area contributed by atoms with E-state index in [4.69, 9.17) is 0 Å². The van der Waals surface area contributed by atoms with Crippen LogP contribution < -0.4 is 5.32 Å². The number of aromatic nitrogens is 2. The molecule has 0 saturated heterocycles. The van der Waals surface area contributed by atoms with Crippen molar-refractivity contribution in [2.24, 2.45) is 0 Å². The zero-order chi connectivity index (χ0) is 12.4. The highest BCUT2D eigenvalue weighted by Crippen LogP contribution is 2.40. The standard InChI is InChI=1S/C14H17N3S/c1-15-8-14-16-6-7-17(14)9-11-10-18-13-5-3-2-4-12(11)13/h2-7,11,15H,8-10H2,1H3. The van der Waals surface area contributed by atoms with Gasteiger partial charge in [-0.15, -0.1) is 11.8 Å². The first kappa shape index (κ1) is 11.8. The predicted octanol–water partition coefficient (Wildman–Crippen LogP) is 2.49. The van der Waals surface area contributed by atoms with Gasteiger partial charge in [0.05, 0.1) is 6.54 Å². The van der Waals surface area contributed by atoms with Crippen LogP contribution >= 0.6 is 11.8 Å². The summed E-state index contributed by atoms with van der Waals surface area (Å²) in [6, 6.07) is 8.75. The molecule has 0 saturated carbocycles. The molecule has 94 valence electrons. The summed E-state index contributed by atoms with van der Waals surface area (Å²) in [5.41, 5.74) is 1.49. The first-order valence-electron chi connectivity index (χ1n) is 6.25. The third-order valence-corrected chi connectivity index (χ3v) is 4.60. The summed E-state index contributed by atoms with van der Waals surface area (Å²) < 4.78 is 2.27. The Hall–Kier alpha value is -1.26. The highest BCUT2D eigenvalue weighted by atomic mass is 32.2. The summed E-state index contributed by atoms with van der Waals surface area (Å²) in [7, 11) is 1.96. The number of hydrogen-bond donors (Lipinski definition) is 1. The van der Waals surface area contributed by atoms with E-state index in [9.17, 15) is 0 Å². The topological polar surface area (TPSA) is 29.9 Å². The van der Waals surface area contributed by atoms with E-state index in [-0.39, 0.29) is 0 Å². The quantitative estimate of drug-likeness (QED) is 0.915. The third-order valence-electron chi connectivity index (χ3n) is 3.35. The van der Waals surface area contributed by atoms with Crippen molar-refractivity contribution in [3.63, 3.8) is 0 Å². The third kappa shape index (κ3) is 2.18.